The van der Waals surface area contributed by atoms with Crippen molar-refractivity contribution in [3.63, 3.8) is 0 Å². The molecule has 3 atom stereocenters. The first-order valence-electron chi connectivity index (χ1n) is 13.2. The second-order valence-electron chi connectivity index (χ2n) is 10.6. The third-order valence-electron chi connectivity index (χ3n) is 7.94. The highest BCUT2D eigenvalue weighted by molar-refractivity contribution is 6.31. The Bertz CT molecular complexity index is 1640. The molecule has 0 radical (unpaired) electrons. The number of rotatable bonds is 5. The van der Waals surface area contributed by atoms with Crippen molar-refractivity contribution in [3.8, 4) is 11.3 Å². The molecule has 0 spiro atoms. The molecule has 3 aliphatic rings. The molecule has 2 bridgehead atoms. The predicted octanol–water partition coefficient (Wildman–Crippen LogP) is 6.08. The molecular weight excluding hydrogens is 534 g/mol. The fourth-order valence-electron chi connectivity index (χ4n) is 6.04. The molecule has 2 fully saturated rings. The summed E-state index contributed by atoms with van der Waals surface area (Å²) in [6.45, 7) is 1.20. The zero-order valence-electron chi connectivity index (χ0n) is 21.4. The number of hydroxylamine groups is 3. The van der Waals surface area contributed by atoms with Crippen LogP contribution in [-0.4, -0.2) is 39.1 Å². The molecule has 7 nitrogen and oxygen atoms in total. The van der Waals surface area contributed by atoms with E-state index in [0.29, 0.717) is 52.5 Å². The summed E-state index contributed by atoms with van der Waals surface area (Å²) in [6.07, 6.45) is 3.68. The van der Waals surface area contributed by atoms with Gasteiger partial charge >= 0.3 is 0 Å². The number of quaternary nitrogens is 1. The van der Waals surface area contributed by atoms with E-state index in [1.54, 1.807) is 24.4 Å². The first-order chi connectivity index (χ1) is 19.4. The molecule has 40 heavy (non-hydrogen) atoms. The molecule has 4 heterocycles. The van der Waals surface area contributed by atoms with Crippen molar-refractivity contribution >= 4 is 28.9 Å². The molecule has 7 rings (SSSR count). The highest BCUT2D eigenvalue weighted by Gasteiger charge is 2.45. The lowest BCUT2D eigenvalue weighted by molar-refractivity contribution is -0.910. The van der Waals surface area contributed by atoms with Gasteiger partial charge in [0.1, 0.15) is 24.3 Å². The largest absolute Gasteiger partial charge is 0.631 e. The Morgan fingerprint density at radius 3 is 2.55 bits per heavy atom. The van der Waals surface area contributed by atoms with Crippen molar-refractivity contribution < 1.29 is 13.4 Å². The van der Waals surface area contributed by atoms with Crippen LogP contribution in [0.25, 0.3) is 11.3 Å². The average molecular weight is 559 g/mol. The first-order valence-corrected chi connectivity index (χ1v) is 13.6. The van der Waals surface area contributed by atoms with E-state index in [0.717, 1.165) is 24.1 Å². The lowest BCUT2D eigenvalue weighted by Crippen LogP contribution is -2.49. The minimum absolute atomic E-state index is 0.00657. The number of halogens is 3. The van der Waals surface area contributed by atoms with Gasteiger partial charge < -0.3 is 15.2 Å². The summed E-state index contributed by atoms with van der Waals surface area (Å²) in [5.74, 6) is -1.04. The van der Waals surface area contributed by atoms with Crippen LogP contribution in [0.15, 0.2) is 71.9 Å². The Hall–Kier alpha value is -3.76. The Morgan fingerprint density at radius 2 is 1.82 bits per heavy atom. The van der Waals surface area contributed by atoms with Gasteiger partial charge in [0.05, 0.1) is 36.1 Å². The van der Waals surface area contributed by atoms with E-state index in [9.17, 15) is 14.0 Å². The molecule has 2 N–H and O–H groups in total. The maximum Gasteiger partial charge on any atom is 0.227 e. The van der Waals surface area contributed by atoms with Crippen LogP contribution >= 0.6 is 11.6 Å². The van der Waals surface area contributed by atoms with Gasteiger partial charge in [-0.1, -0.05) is 35.9 Å². The summed E-state index contributed by atoms with van der Waals surface area (Å²) in [6, 6.07) is 17.0. The quantitative estimate of drug-likeness (QED) is 0.229. The normalized spacial score (nSPS) is 22.9. The molecule has 3 unspecified atom stereocenters. The minimum Gasteiger partial charge on any atom is -0.631 e. The van der Waals surface area contributed by atoms with E-state index in [1.807, 2.05) is 24.3 Å². The third-order valence-corrected chi connectivity index (χ3v) is 8.17. The van der Waals surface area contributed by atoms with Crippen LogP contribution in [0.4, 0.5) is 20.4 Å². The lowest BCUT2D eigenvalue weighted by Gasteiger charge is -2.45. The van der Waals surface area contributed by atoms with E-state index < -0.39 is 11.6 Å². The Morgan fingerprint density at radius 1 is 1.02 bits per heavy atom. The number of hydrogen-bond donors (Lipinski definition) is 2. The number of piperidine rings is 1. The molecule has 3 aliphatic heterocycles. The molecule has 0 saturated carbocycles. The van der Waals surface area contributed by atoms with E-state index in [1.165, 1.54) is 18.2 Å². The van der Waals surface area contributed by atoms with E-state index in [-0.39, 0.29) is 28.6 Å². The number of aliphatic imine (C=N–C) groups is 1. The van der Waals surface area contributed by atoms with Crippen LogP contribution in [0.1, 0.15) is 35.1 Å². The Kier molecular flexibility index (Phi) is 6.12. The van der Waals surface area contributed by atoms with Gasteiger partial charge in [0.25, 0.3) is 0 Å². The fourth-order valence-corrected chi connectivity index (χ4v) is 6.21. The second-order valence-corrected chi connectivity index (χ2v) is 11.0. The van der Waals surface area contributed by atoms with Crippen molar-refractivity contribution in [2.24, 2.45) is 4.99 Å². The molecule has 0 aliphatic carbocycles. The van der Waals surface area contributed by atoms with Crippen LogP contribution in [0.5, 0.6) is 0 Å². The number of fused-ring (bicyclic) bond motifs is 5. The van der Waals surface area contributed by atoms with Crippen molar-refractivity contribution in [1.29, 1.82) is 0 Å². The van der Waals surface area contributed by atoms with Crippen molar-refractivity contribution in [2.45, 2.75) is 38.1 Å². The van der Waals surface area contributed by atoms with Gasteiger partial charge in [0, 0.05) is 45.6 Å². The maximum atomic E-state index is 14.8. The van der Waals surface area contributed by atoms with Crippen molar-refractivity contribution in [1.82, 2.24) is 15.3 Å². The van der Waals surface area contributed by atoms with Crippen LogP contribution in [-0.2, 0) is 13.1 Å². The van der Waals surface area contributed by atoms with Gasteiger partial charge in [-0.25, -0.2) is 18.7 Å². The SMILES string of the molecule is [O-][N+]1(Cc2ccc(Nc3ncc4c(n3)-c3ccc(Cl)cc3C(c3c(F)cccc3F)=NC4)cc2)CC2CCC1N2. The smallest absolute Gasteiger partial charge is 0.227 e. The zero-order chi connectivity index (χ0) is 27.4. The highest BCUT2D eigenvalue weighted by atomic mass is 35.5. The highest BCUT2D eigenvalue weighted by Crippen LogP contribution is 2.36. The maximum absolute atomic E-state index is 14.8. The number of nitrogens with zero attached hydrogens (tertiary/aromatic N) is 4. The van der Waals surface area contributed by atoms with Crippen molar-refractivity contribution in [2.75, 3.05) is 11.9 Å². The van der Waals surface area contributed by atoms with Crippen LogP contribution in [0, 0.1) is 16.8 Å². The van der Waals surface area contributed by atoms with Crippen molar-refractivity contribution in [3.05, 3.63) is 111 Å². The van der Waals surface area contributed by atoms with E-state index >= 15 is 0 Å². The van der Waals surface area contributed by atoms with Gasteiger partial charge in [0.2, 0.25) is 5.95 Å². The second kappa shape index (κ2) is 9.71. The van der Waals surface area contributed by atoms with Gasteiger partial charge in [-0.15, -0.1) is 0 Å². The predicted molar refractivity (Wildman–Crippen MR) is 150 cm³/mol. The summed E-state index contributed by atoms with van der Waals surface area (Å²) >= 11 is 6.31. The number of hydrogen-bond acceptors (Lipinski definition) is 6. The number of nitrogens with one attached hydrogen (secondary N) is 2. The molecule has 4 aromatic rings. The number of likely N-dealkylation sites (tertiary alicyclic amines) is 1. The summed E-state index contributed by atoms with van der Waals surface area (Å²) in [4.78, 5) is 13.8. The number of benzene rings is 3. The summed E-state index contributed by atoms with van der Waals surface area (Å²) in [5.41, 5.74) is 4.19. The summed E-state index contributed by atoms with van der Waals surface area (Å²) < 4.78 is 29.4. The summed E-state index contributed by atoms with van der Waals surface area (Å²) in [7, 11) is 0. The van der Waals surface area contributed by atoms with Gasteiger partial charge in [-0.3, -0.25) is 10.3 Å². The van der Waals surface area contributed by atoms with Crippen LogP contribution in [0.2, 0.25) is 5.02 Å². The molecule has 10 heteroatoms. The number of anilines is 2. The van der Waals surface area contributed by atoms with Gasteiger partial charge in [-0.05, 0) is 42.8 Å². The zero-order valence-corrected chi connectivity index (χ0v) is 22.1. The van der Waals surface area contributed by atoms with E-state index in [2.05, 4.69) is 20.6 Å². The first kappa shape index (κ1) is 25.2. The monoisotopic (exact) mass is 558 g/mol. The van der Waals surface area contributed by atoms with Gasteiger partial charge in [-0.2, -0.15) is 0 Å². The molecule has 1 aromatic heterocycles. The standard InChI is InChI=1S/C30H25ClF2N6O/c31-19-6-10-22-23(12-19)29(27-24(32)2-1-3-25(27)33)34-13-18-14-35-30(38-28(18)22)37-20-7-4-17(5-8-20)15-39(40)16-21-9-11-26(39)36-21/h1-8,10,12,14,21,26,36H,9,11,13,15-16H2,(H,35,37,38). The molecule has 202 valence electrons. The Labute approximate surface area is 234 Å². The molecule has 3 aromatic carbocycles. The molecule has 0 amide bonds. The third kappa shape index (κ3) is 4.45. The van der Waals surface area contributed by atoms with Gasteiger partial charge in [0.15, 0.2) is 0 Å². The molecule has 2 saturated heterocycles. The Balaban J connectivity index is 1.17. The van der Waals surface area contributed by atoms with Crippen LogP contribution in [0.3, 0.4) is 0 Å². The topological polar surface area (TPSA) is 85.3 Å². The molecular formula is C30H25ClF2N6O. The minimum atomic E-state index is -0.703. The lowest BCUT2D eigenvalue weighted by atomic mass is 9.95. The number of aromatic nitrogens is 2. The fraction of sp³-hybridized carbons (Fsp3) is 0.233. The average Bonchev–Trinajstić information content (AvgIpc) is 3.48. The van der Waals surface area contributed by atoms with Crippen LogP contribution < -0.4 is 10.6 Å². The summed E-state index contributed by atoms with van der Waals surface area (Å²) in [5, 5.41) is 20.3. The van der Waals surface area contributed by atoms with E-state index in [4.69, 9.17) is 16.6 Å².